The fraction of sp³-hybridized carbons (Fsp3) is 0.455. The molecule has 1 saturated heterocycles. The molecule has 0 spiro atoms. The van der Waals surface area contributed by atoms with Gasteiger partial charge >= 0.3 is 0 Å². The molecule has 0 bridgehead atoms. The minimum absolute atomic E-state index is 0.557. The molecular formula is C22H30N2O2. The summed E-state index contributed by atoms with van der Waals surface area (Å²) in [7, 11) is 3.89. The summed E-state index contributed by atoms with van der Waals surface area (Å²) in [6.45, 7) is 6.51. The smallest absolute Gasteiger partial charge is 0.120 e. The Kier molecular flexibility index (Phi) is 6.92. The van der Waals surface area contributed by atoms with Crippen LogP contribution in [-0.4, -0.2) is 56.7 Å². The Morgan fingerprint density at radius 2 is 1.58 bits per heavy atom. The number of aryl methyl sites for hydroxylation is 1. The lowest BCUT2D eigenvalue weighted by Crippen LogP contribution is -2.44. The van der Waals surface area contributed by atoms with Crippen molar-refractivity contribution in [2.45, 2.75) is 19.4 Å². The number of nitrogens with zero attached hydrogens (tertiary/aromatic N) is 2. The van der Waals surface area contributed by atoms with Gasteiger partial charge in [0.05, 0.1) is 7.11 Å². The van der Waals surface area contributed by atoms with Crippen molar-refractivity contribution < 1.29 is 9.47 Å². The molecule has 26 heavy (non-hydrogen) atoms. The zero-order chi connectivity index (χ0) is 18.2. The number of ether oxygens (including phenoxy) is 2. The van der Waals surface area contributed by atoms with Crippen LogP contribution >= 0.6 is 0 Å². The number of methoxy groups -OCH3 is 1. The van der Waals surface area contributed by atoms with E-state index >= 15 is 0 Å². The van der Waals surface area contributed by atoms with Crippen molar-refractivity contribution in [2.75, 3.05) is 46.9 Å². The molecule has 0 atom stereocenters. The summed E-state index contributed by atoms with van der Waals surface area (Å²) in [6, 6.07) is 16.5. The SMILES string of the molecule is COc1cccc(COc2cccc(CCCN3CCN(C)CC3)c2)c1. The van der Waals surface area contributed by atoms with Gasteiger partial charge in [0.2, 0.25) is 0 Å². The average molecular weight is 354 g/mol. The Bertz CT molecular complexity index is 681. The van der Waals surface area contributed by atoms with Gasteiger partial charge in [0.25, 0.3) is 0 Å². The van der Waals surface area contributed by atoms with Crippen molar-refractivity contribution in [2.24, 2.45) is 0 Å². The first-order valence-corrected chi connectivity index (χ1v) is 9.48. The lowest BCUT2D eigenvalue weighted by atomic mass is 10.1. The molecule has 2 aromatic rings. The van der Waals surface area contributed by atoms with Crippen molar-refractivity contribution in [3.05, 3.63) is 59.7 Å². The number of piperazine rings is 1. The maximum Gasteiger partial charge on any atom is 0.120 e. The Balaban J connectivity index is 1.45. The van der Waals surface area contributed by atoms with E-state index in [1.54, 1.807) is 7.11 Å². The highest BCUT2D eigenvalue weighted by molar-refractivity contribution is 5.31. The van der Waals surface area contributed by atoms with E-state index < -0.39 is 0 Å². The normalized spacial score (nSPS) is 15.8. The Labute approximate surface area is 157 Å². The summed E-state index contributed by atoms with van der Waals surface area (Å²) < 4.78 is 11.2. The molecule has 0 unspecified atom stereocenters. The molecule has 1 fully saturated rings. The quantitative estimate of drug-likeness (QED) is 0.725. The number of rotatable bonds is 8. The summed E-state index contributed by atoms with van der Waals surface area (Å²) in [6.07, 6.45) is 2.30. The fourth-order valence-electron chi connectivity index (χ4n) is 3.30. The van der Waals surface area contributed by atoms with Crippen LogP contribution < -0.4 is 9.47 Å². The van der Waals surface area contributed by atoms with Gasteiger partial charge in [0.15, 0.2) is 0 Å². The fourth-order valence-corrected chi connectivity index (χ4v) is 3.30. The van der Waals surface area contributed by atoms with E-state index in [2.05, 4.69) is 41.1 Å². The van der Waals surface area contributed by atoms with Gasteiger partial charge in [-0.3, -0.25) is 0 Å². The van der Waals surface area contributed by atoms with Gasteiger partial charge in [-0.05, 0) is 61.8 Å². The first kappa shape index (κ1) is 18.7. The second-order valence-electron chi connectivity index (χ2n) is 7.04. The zero-order valence-electron chi connectivity index (χ0n) is 16.0. The molecule has 1 heterocycles. The molecule has 0 amide bonds. The standard InChI is InChI=1S/C22H30N2O2/c1-23-12-14-24(15-13-23)11-5-8-19-6-3-10-22(16-19)26-18-20-7-4-9-21(17-20)25-2/h3-4,6-7,9-10,16-17H,5,8,11-15,18H2,1-2H3. The summed E-state index contributed by atoms with van der Waals surface area (Å²) in [5.74, 6) is 1.80. The van der Waals surface area contributed by atoms with Crippen LogP contribution in [-0.2, 0) is 13.0 Å². The van der Waals surface area contributed by atoms with E-state index in [1.807, 2.05) is 24.3 Å². The minimum Gasteiger partial charge on any atom is -0.497 e. The topological polar surface area (TPSA) is 24.9 Å². The third-order valence-electron chi connectivity index (χ3n) is 4.97. The van der Waals surface area contributed by atoms with Gasteiger partial charge in [-0.15, -0.1) is 0 Å². The first-order chi connectivity index (χ1) is 12.7. The van der Waals surface area contributed by atoms with Crippen molar-refractivity contribution in [1.82, 2.24) is 9.80 Å². The van der Waals surface area contributed by atoms with Crippen LogP contribution in [0.2, 0.25) is 0 Å². The van der Waals surface area contributed by atoms with Crippen LogP contribution in [0.3, 0.4) is 0 Å². The molecule has 1 aliphatic heterocycles. The van der Waals surface area contributed by atoms with Gasteiger partial charge in [0, 0.05) is 26.2 Å². The molecule has 3 rings (SSSR count). The van der Waals surface area contributed by atoms with Gasteiger partial charge in [0.1, 0.15) is 18.1 Å². The summed E-state index contributed by atoms with van der Waals surface area (Å²) >= 11 is 0. The van der Waals surface area contributed by atoms with Crippen molar-refractivity contribution in [3.63, 3.8) is 0 Å². The van der Waals surface area contributed by atoms with Crippen molar-refractivity contribution in [1.29, 1.82) is 0 Å². The van der Waals surface area contributed by atoms with Crippen LogP contribution in [0.15, 0.2) is 48.5 Å². The predicted octanol–water partition coefficient (Wildman–Crippen LogP) is 3.45. The van der Waals surface area contributed by atoms with E-state index in [-0.39, 0.29) is 0 Å². The van der Waals surface area contributed by atoms with E-state index in [0.29, 0.717) is 6.61 Å². The second-order valence-corrected chi connectivity index (χ2v) is 7.04. The molecule has 0 aromatic heterocycles. The maximum absolute atomic E-state index is 5.97. The van der Waals surface area contributed by atoms with Crippen molar-refractivity contribution >= 4 is 0 Å². The molecule has 0 saturated carbocycles. The van der Waals surface area contributed by atoms with Crippen LogP contribution in [0.1, 0.15) is 17.5 Å². The minimum atomic E-state index is 0.557. The molecule has 2 aromatic carbocycles. The highest BCUT2D eigenvalue weighted by atomic mass is 16.5. The average Bonchev–Trinajstić information content (AvgIpc) is 2.68. The Morgan fingerprint density at radius 3 is 2.35 bits per heavy atom. The van der Waals surface area contributed by atoms with Crippen LogP contribution in [0.4, 0.5) is 0 Å². The van der Waals surface area contributed by atoms with Gasteiger partial charge in [-0.1, -0.05) is 24.3 Å². The molecule has 0 N–H and O–H groups in total. The molecular weight excluding hydrogens is 324 g/mol. The largest absolute Gasteiger partial charge is 0.497 e. The van der Waals surface area contributed by atoms with Crippen LogP contribution in [0.25, 0.3) is 0 Å². The molecule has 0 radical (unpaired) electrons. The highest BCUT2D eigenvalue weighted by Gasteiger charge is 2.12. The van der Waals surface area contributed by atoms with Crippen LogP contribution in [0, 0.1) is 0 Å². The Morgan fingerprint density at radius 1 is 0.885 bits per heavy atom. The first-order valence-electron chi connectivity index (χ1n) is 9.48. The van der Waals surface area contributed by atoms with Crippen LogP contribution in [0.5, 0.6) is 11.5 Å². The second kappa shape index (κ2) is 9.60. The lowest BCUT2D eigenvalue weighted by molar-refractivity contribution is 0.153. The lowest BCUT2D eigenvalue weighted by Gasteiger charge is -2.32. The van der Waals surface area contributed by atoms with E-state index in [0.717, 1.165) is 23.5 Å². The summed E-state index contributed by atoms with van der Waals surface area (Å²) in [5, 5.41) is 0. The van der Waals surface area contributed by atoms with Gasteiger partial charge in [-0.25, -0.2) is 0 Å². The predicted molar refractivity (Wildman–Crippen MR) is 106 cm³/mol. The molecule has 0 aliphatic carbocycles. The molecule has 1 aliphatic rings. The van der Waals surface area contributed by atoms with E-state index in [9.17, 15) is 0 Å². The summed E-state index contributed by atoms with van der Waals surface area (Å²) in [4.78, 5) is 4.97. The Hall–Kier alpha value is -2.04. The number of benzene rings is 2. The highest BCUT2D eigenvalue weighted by Crippen LogP contribution is 2.18. The third kappa shape index (κ3) is 5.75. The zero-order valence-corrected chi connectivity index (χ0v) is 16.0. The van der Waals surface area contributed by atoms with Gasteiger partial charge < -0.3 is 19.3 Å². The number of hydrogen-bond acceptors (Lipinski definition) is 4. The molecule has 4 nitrogen and oxygen atoms in total. The maximum atomic E-state index is 5.97. The van der Waals surface area contributed by atoms with Crippen molar-refractivity contribution in [3.8, 4) is 11.5 Å². The van der Waals surface area contributed by atoms with Gasteiger partial charge in [-0.2, -0.15) is 0 Å². The van der Waals surface area contributed by atoms with E-state index in [4.69, 9.17) is 9.47 Å². The number of hydrogen-bond donors (Lipinski definition) is 0. The molecule has 140 valence electrons. The monoisotopic (exact) mass is 354 g/mol. The molecule has 4 heteroatoms. The van der Waals surface area contributed by atoms with E-state index in [1.165, 1.54) is 44.7 Å². The third-order valence-corrected chi connectivity index (χ3v) is 4.97. The summed E-state index contributed by atoms with van der Waals surface area (Å²) in [5.41, 5.74) is 2.46. The number of likely N-dealkylation sites (N-methyl/N-ethyl adjacent to an activating group) is 1.